The van der Waals surface area contributed by atoms with E-state index < -0.39 is 6.10 Å². The SMILES string of the molecule is OC(C1=C[C@H]2C[C@@H]1[C@@H]1C=CC[C@H]12)c1ccccc1. The summed E-state index contributed by atoms with van der Waals surface area (Å²) >= 11 is 0. The Morgan fingerprint density at radius 3 is 2.83 bits per heavy atom. The van der Waals surface area contributed by atoms with Crippen LogP contribution in [0, 0.1) is 23.7 Å². The molecule has 1 nitrogen and oxygen atoms in total. The first-order valence-corrected chi connectivity index (χ1v) is 6.96. The maximum absolute atomic E-state index is 10.6. The van der Waals surface area contributed by atoms with Crippen molar-refractivity contribution in [2.75, 3.05) is 0 Å². The predicted molar refractivity (Wildman–Crippen MR) is 71.8 cm³/mol. The van der Waals surface area contributed by atoms with E-state index in [1.165, 1.54) is 18.4 Å². The molecule has 3 aliphatic rings. The third-order valence-electron chi connectivity index (χ3n) is 5.07. The van der Waals surface area contributed by atoms with Crippen molar-refractivity contribution in [3.8, 4) is 0 Å². The Bertz CT molecular complexity index is 514. The number of allylic oxidation sites excluding steroid dienone is 3. The van der Waals surface area contributed by atoms with Gasteiger partial charge in [0.05, 0.1) is 0 Å². The number of hydrogen-bond donors (Lipinski definition) is 1. The first-order valence-electron chi connectivity index (χ1n) is 6.96. The Balaban J connectivity index is 1.65. The van der Waals surface area contributed by atoms with Crippen LogP contribution < -0.4 is 0 Å². The topological polar surface area (TPSA) is 20.2 Å². The molecule has 0 amide bonds. The van der Waals surface area contributed by atoms with Crippen LogP contribution in [0.2, 0.25) is 0 Å². The third-order valence-corrected chi connectivity index (χ3v) is 5.07. The van der Waals surface area contributed by atoms with Gasteiger partial charge in [-0.05, 0) is 47.6 Å². The highest BCUT2D eigenvalue weighted by atomic mass is 16.3. The van der Waals surface area contributed by atoms with Crippen molar-refractivity contribution in [1.29, 1.82) is 0 Å². The van der Waals surface area contributed by atoms with Gasteiger partial charge >= 0.3 is 0 Å². The van der Waals surface area contributed by atoms with Crippen molar-refractivity contribution in [1.82, 2.24) is 0 Å². The van der Waals surface area contributed by atoms with Crippen LogP contribution in [0.15, 0.2) is 54.1 Å². The maximum atomic E-state index is 10.6. The van der Waals surface area contributed by atoms with Crippen molar-refractivity contribution in [2.24, 2.45) is 23.7 Å². The molecule has 0 saturated heterocycles. The van der Waals surface area contributed by atoms with Gasteiger partial charge in [0.25, 0.3) is 0 Å². The molecule has 5 atom stereocenters. The lowest BCUT2D eigenvalue weighted by Gasteiger charge is -2.27. The lowest BCUT2D eigenvalue weighted by Crippen LogP contribution is -2.20. The van der Waals surface area contributed by atoms with Crippen LogP contribution in [0.5, 0.6) is 0 Å². The van der Waals surface area contributed by atoms with E-state index >= 15 is 0 Å². The molecule has 1 aromatic carbocycles. The Morgan fingerprint density at radius 2 is 2.00 bits per heavy atom. The molecule has 0 radical (unpaired) electrons. The third kappa shape index (κ3) is 1.37. The van der Waals surface area contributed by atoms with Crippen LogP contribution in [0.4, 0.5) is 0 Å². The van der Waals surface area contributed by atoms with Gasteiger partial charge in [0.15, 0.2) is 0 Å². The fourth-order valence-corrected chi connectivity index (χ4v) is 4.25. The van der Waals surface area contributed by atoms with Crippen LogP contribution in [0.1, 0.15) is 24.5 Å². The Labute approximate surface area is 108 Å². The molecular weight excluding hydrogens is 220 g/mol. The van der Waals surface area contributed by atoms with Gasteiger partial charge < -0.3 is 5.11 Å². The minimum Gasteiger partial charge on any atom is -0.384 e. The lowest BCUT2D eigenvalue weighted by molar-refractivity contribution is 0.194. The van der Waals surface area contributed by atoms with E-state index in [0.717, 1.165) is 11.5 Å². The van der Waals surface area contributed by atoms with Crippen LogP contribution in [-0.4, -0.2) is 5.11 Å². The molecule has 0 aromatic heterocycles. The molecule has 1 aromatic rings. The molecule has 18 heavy (non-hydrogen) atoms. The zero-order chi connectivity index (χ0) is 12.1. The van der Waals surface area contributed by atoms with Crippen LogP contribution in [0.3, 0.4) is 0 Å². The second-order valence-electron chi connectivity index (χ2n) is 5.89. The monoisotopic (exact) mass is 238 g/mol. The fourth-order valence-electron chi connectivity index (χ4n) is 4.25. The molecule has 0 aliphatic heterocycles. The molecule has 1 saturated carbocycles. The second-order valence-corrected chi connectivity index (χ2v) is 5.89. The summed E-state index contributed by atoms with van der Waals surface area (Å²) in [7, 11) is 0. The molecule has 4 rings (SSSR count). The van der Waals surface area contributed by atoms with Crippen LogP contribution in [0.25, 0.3) is 0 Å². The van der Waals surface area contributed by atoms with E-state index in [4.69, 9.17) is 0 Å². The van der Waals surface area contributed by atoms with Gasteiger partial charge in [0.1, 0.15) is 6.10 Å². The summed E-state index contributed by atoms with van der Waals surface area (Å²) in [5.41, 5.74) is 2.31. The summed E-state index contributed by atoms with van der Waals surface area (Å²) in [6, 6.07) is 10.1. The van der Waals surface area contributed by atoms with Gasteiger partial charge in [-0.25, -0.2) is 0 Å². The van der Waals surface area contributed by atoms with Gasteiger partial charge in [-0.2, -0.15) is 0 Å². The summed E-state index contributed by atoms with van der Waals surface area (Å²) in [6.07, 6.45) is 9.21. The molecule has 3 aliphatic carbocycles. The van der Waals surface area contributed by atoms with Crippen LogP contribution >= 0.6 is 0 Å². The average Bonchev–Trinajstić information content (AvgIpc) is 3.10. The van der Waals surface area contributed by atoms with Crippen molar-refractivity contribution >= 4 is 0 Å². The van der Waals surface area contributed by atoms with E-state index in [1.807, 2.05) is 30.3 Å². The molecular formula is C17H18O. The summed E-state index contributed by atoms with van der Waals surface area (Å²) in [5, 5.41) is 10.6. The highest BCUT2D eigenvalue weighted by Gasteiger charge is 2.49. The highest BCUT2D eigenvalue weighted by molar-refractivity contribution is 5.35. The van der Waals surface area contributed by atoms with Gasteiger partial charge in [0, 0.05) is 0 Å². The normalized spacial score (nSPS) is 37.7. The highest BCUT2D eigenvalue weighted by Crippen LogP contribution is 2.57. The van der Waals surface area contributed by atoms with E-state index in [-0.39, 0.29) is 0 Å². The van der Waals surface area contributed by atoms with E-state index in [0.29, 0.717) is 17.8 Å². The Kier molecular flexibility index (Phi) is 2.25. The largest absolute Gasteiger partial charge is 0.384 e. The van der Waals surface area contributed by atoms with Crippen molar-refractivity contribution in [2.45, 2.75) is 18.9 Å². The van der Waals surface area contributed by atoms with Crippen molar-refractivity contribution < 1.29 is 5.11 Å². The van der Waals surface area contributed by atoms with Gasteiger partial charge in [-0.3, -0.25) is 0 Å². The van der Waals surface area contributed by atoms with Gasteiger partial charge in [0.2, 0.25) is 0 Å². The zero-order valence-electron chi connectivity index (χ0n) is 10.4. The number of aliphatic hydroxyl groups is 1. The number of hydrogen-bond acceptors (Lipinski definition) is 1. The van der Waals surface area contributed by atoms with Crippen molar-refractivity contribution in [3.63, 3.8) is 0 Å². The van der Waals surface area contributed by atoms with E-state index in [9.17, 15) is 5.11 Å². The maximum Gasteiger partial charge on any atom is 0.100 e. The molecule has 0 spiro atoms. The molecule has 2 bridgehead atoms. The first kappa shape index (κ1) is 10.6. The second kappa shape index (κ2) is 3.83. The molecule has 92 valence electrons. The average molecular weight is 238 g/mol. The number of aliphatic hydroxyl groups excluding tert-OH is 1. The first-order chi connectivity index (χ1) is 8.84. The molecule has 1 N–H and O–H groups in total. The molecule has 1 unspecified atom stereocenters. The van der Waals surface area contributed by atoms with Gasteiger partial charge in [-0.1, -0.05) is 48.6 Å². The molecule has 1 fully saturated rings. The number of rotatable bonds is 2. The minimum atomic E-state index is -0.392. The standard InChI is InChI=1S/C17H18O/c18-17(11-5-2-1-3-6-11)16-10-12-9-15(16)14-8-4-7-13(12)14/h1-6,8,10,12-15,17-18H,7,9H2/t12-,13+,14-,15-,17?/m1/s1. The molecule has 0 heterocycles. The molecule has 1 heteroatoms. The van der Waals surface area contributed by atoms with Crippen LogP contribution in [-0.2, 0) is 0 Å². The van der Waals surface area contributed by atoms with E-state index in [1.54, 1.807) is 0 Å². The summed E-state index contributed by atoms with van der Waals surface area (Å²) in [5.74, 6) is 2.84. The van der Waals surface area contributed by atoms with Gasteiger partial charge in [-0.15, -0.1) is 0 Å². The minimum absolute atomic E-state index is 0.392. The predicted octanol–water partition coefficient (Wildman–Crippen LogP) is 3.49. The fraction of sp³-hybridized carbons (Fsp3) is 0.412. The number of benzene rings is 1. The quantitative estimate of drug-likeness (QED) is 0.782. The zero-order valence-corrected chi connectivity index (χ0v) is 10.4. The number of fused-ring (bicyclic) bond motifs is 5. The Morgan fingerprint density at radius 1 is 1.17 bits per heavy atom. The van der Waals surface area contributed by atoms with Crippen molar-refractivity contribution in [3.05, 3.63) is 59.7 Å². The smallest absolute Gasteiger partial charge is 0.100 e. The Hall–Kier alpha value is -1.34. The summed E-state index contributed by atoms with van der Waals surface area (Å²) in [4.78, 5) is 0. The van der Waals surface area contributed by atoms with E-state index in [2.05, 4.69) is 18.2 Å². The lowest BCUT2D eigenvalue weighted by atomic mass is 9.79. The summed E-state index contributed by atoms with van der Waals surface area (Å²) in [6.45, 7) is 0. The summed E-state index contributed by atoms with van der Waals surface area (Å²) < 4.78 is 0.